The second-order valence-corrected chi connectivity index (χ2v) is 5.30. The minimum atomic E-state index is 0.245. The van der Waals surface area contributed by atoms with E-state index in [9.17, 15) is 0 Å². The summed E-state index contributed by atoms with van der Waals surface area (Å²) in [6.45, 7) is 4.97. The lowest BCUT2D eigenvalue weighted by atomic mass is 9.78. The van der Waals surface area contributed by atoms with Crippen LogP contribution in [0.4, 0.5) is 0 Å². The van der Waals surface area contributed by atoms with Gasteiger partial charge in [0.15, 0.2) is 0 Å². The van der Waals surface area contributed by atoms with E-state index in [1.54, 1.807) is 0 Å². The van der Waals surface area contributed by atoms with Gasteiger partial charge >= 0.3 is 0 Å². The molecule has 2 nitrogen and oxygen atoms in total. The number of hydrogen-bond donors (Lipinski definition) is 1. The van der Waals surface area contributed by atoms with Gasteiger partial charge in [-0.15, -0.1) is 0 Å². The van der Waals surface area contributed by atoms with Crippen LogP contribution in [0.25, 0.3) is 0 Å². The highest BCUT2D eigenvalue weighted by molar-refractivity contribution is 5.32. The molecular formula is C14H19NO. The Morgan fingerprint density at radius 2 is 2.19 bits per heavy atom. The third-order valence-corrected chi connectivity index (χ3v) is 3.69. The lowest BCUT2D eigenvalue weighted by molar-refractivity contribution is -0.0591. The molecule has 0 amide bonds. The summed E-state index contributed by atoms with van der Waals surface area (Å²) in [6.07, 6.45) is 2.70. The van der Waals surface area contributed by atoms with E-state index in [0.29, 0.717) is 0 Å². The van der Waals surface area contributed by atoms with Crippen molar-refractivity contribution in [2.45, 2.75) is 31.2 Å². The summed E-state index contributed by atoms with van der Waals surface area (Å²) >= 11 is 0. The Morgan fingerprint density at radius 1 is 1.38 bits per heavy atom. The molecule has 1 aliphatic heterocycles. The molecular weight excluding hydrogens is 198 g/mol. The van der Waals surface area contributed by atoms with Crippen LogP contribution in [0.5, 0.6) is 0 Å². The van der Waals surface area contributed by atoms with Crippen LogP contribution in [0, 0.1) is 6.92 Å². The van der Waals surface area contributed by atoms with Crippen LogP contribution >= 0.6 is 0 Å². The Balaban J connectivity index is 1.77. The Kier molecular flexibility index (Phi) is 2.49. The number of aryl methyl sites for hydroxylation is 1. The quantitative estimate of drug-likeness (QED) is 0.833. The maximum atomic E-state index is 5.45. The zero-order chi connectivity index (χ0) is 11.0. The zero-order valence-corrected chi connectivity index (χ0v) is 9.83. The summed E-state index contributed by atoms with van der Waals surface area (Å²) in [5, 5.41) is 3.64. The van der Waals surface area contributed by atoms with Gasteiger partial charge in [0.05, 0.1) is 18.6 Å². The van der Waals surface area contributed by atoms with Crippen molar-refractivity contribution in [3.63, 3.8) is 0 Å². The van der Waals surface area contributed by atoms with Crippen LogP contribution in [-0.4, -0.2) is 25.8 Å². The molecule has 1 saturated heterocycles. The third-order valence-electron chi connectivity index (χ3n) is 3.69. The maximum Gasteiger partial charge on any atom is 0.0598 e. The Bertz CT molecular complexity index is 380. The fourth-order valence-electron chi connectivity index (χ4n) is 2.32. The monoisotopic (exact) mass is 217 g/mol. The van der Waals surface area contributed by atoms with Gasteiger partial charge in [0.2, 0.25) is 0 Å². The molecule has 0 radical (unpaired) electrons. The molecule has 0 unspecified atom stereocenters. The molecule has 1 aliphatic carbocycles. The van der Waals surface area contributed by atoms with E-state index in [2.05, 4.69) is 36.5 Å². The first-order chi connectivity index (χ1) is 7.78. The topological polar surface area (TPSA) is 21.3 Å². The summed E-state index contributed by atoms with van der Waals surface area (Å²) < 4.78 is 5.45. The van der Waals surface area contributed by atoms with Crippen molar-refractivity contribution in [3.8, 4) is 0 Å². The van der Waals surface area contributed by atoms with Crippen molar-refractivity contribution in [1.29, 1.82) is 0 Å². The number of benzene rings is 1. The molecule has 0 bridgehead atoms. The Labute approximate surface area is 97.0 Å². The number of hydrogen-bond acceptors (Lipinski definition) is 2. The smallest absolute Gasteiger partial charge is 0.0598 e. The van der Waals surface area contributed by atoms with Gasteiger partial charge in [0.25, 0.3) is 0 Å². The molecule has 2 aliphatic rings. The van der Waals surface area contributed by atoms with Crippen molar-refractivity contribution in [3.05, 3.63) is 35.4 Å². The van der Waals surface area contributed by atoms with E-state index < -0.39 is 0 Å². The molecule has 1 heterocycles. The average molecular weight is 217 g/mol. The van der Waals surface area contributed by atoms with Crippen LogP contribution < -0.4 is 5.32 Å². The molecule has 0 aromatic heterocycles. The molecule has 1 aromatic rings. The Hall–Kier alpha value is -0.860. The molecule has 1 saturated carbocycles. The molecule has 2 fully saturated rings. The fourth-order valence-corrected chi connectivity index (χ4v) is 2.32. The van der Waals surface area contributed by atoms with E-state index in [0.717, 1.165) is 25.8 Å². The standard InChI is InChI=1S/C14H19NO/c1-11-3-2-4-12(7-11)14(9-16-10-14)8-15-13-5-6-13/h2-4,7,13,15H,5-6,8-10H2,1H3. The van der Waals surface area contributed by atoms with Gasteiger partial charge in [0, 0.05) is 12.6 Å². The summed E-state index contributed by atoms with van der Waals surface area (Å²) in [5.74, 6) is 0. The molecule has 1 N–H and O–H groups in total. The highest BCUT2D eigenvalue weighted by atomic mass is 16.5. The van der Waals surface area contributed by atoms with Crippen LogP contribution in [-0.2, 0) is 10.2 Å². The second-order valence-electron chi connectivity index (χ2n) is 5.30. The van der Waals surface area contributed by atoms with E-state index in [1.807, 2.05) is 0 Å². The number of ether oxygens (including phenoxy) is 1. The minimum absolute atomic E-state index is 0.245. The first kappa shape index (κ1) is 10.3. The van der Waals surface area contributed by atoms with Crippen molar-refractivity contribution in [2.75, 3.05) is 19.8 Å². The molecule has 3 rings (SSSR count). The van der Waals surface area contributed by atoms with Crippen LogP contribution in [0.3, 0.4) is 0 Å². The SMILES string of the molecule is Cc1cccc(C2(CNC3CC3)COC2)c1. The summed E-state index contributed by atoms with van der Waals surface area (Å²) in [6, 6.07) is 9.64. The molecule has 16 heavy (non-hydrogen) atoms. The normalized spacial score (nSPS) is 22.8. The van der Waals surface area contributed by atoms with Crippen LogP contribution in [0.15, 0.2) is 24.3 Å². The van der Waals surface area contributed by atoms with E-state index in [4.69, 9.17) is 4.74 Å². The maximum absolute atomic E-state index is 5.45. The van der Waals surface area contributed by atoms with Gasteiger partial charge in [-0.25, -0.2) is 0 Å². The summed E-state index contributed by atoms with van der Waals surface area (Å²) in [4.78, 5) is 0. The summed E-state index contributed by atoms with van der Waals surface area (Å²) in [7, 11) is 0. The largest absolute Gasteiger partial charge is 0.379 e. The Morgan fingerprint density at radius 3 is 2.75 bits per heavy atom. The van der Waals surface area contributed by atoms with Crippen molar-refractivity contribution in [2.24, 2.45) is 0 Å². The number of rotatable bonds is 4. The van der Waals surface area contributed by atoms with Gasteiger partial charge in [-0.2, -0.15) is 0 Å². The first-order valence-corrected chi connectivity index (χ1v) is 6.17. The summed E-state index contributed by atoms with van der Waals surface area (Å²) in [5.41, 5.74) is 3.02. The predicted octanol–water partition coefficient (Wildman–Crippen LogP) is 2.02. The van der Waals surface area contributed by atoms with Gasteiger partial charge in [-0.05, 0) is 25.3 Å². The van der Waals surface area contributed by atoms with Gasteiger partial charge < -0.3 is 10.1 Å². The van der Waals surface area contributed by atoms with Crippen molar-refractivity contribution in [1.82, 2.24) is 5.32 Å². The van der Waals surface area contributed by atoms with E-state index in [-0.39, 0.29) is 5.41 Å². The number of nitrogens with one attached hydrogen (secondary N) is 1. The molecule has 2 heteroatoms. The predicted molar refractivity (Wildman–Crippen MR) is 64.7 cm³/mol. The van der Waals surface area contributed by atoms with Gasteiger partial charge in [-0.3, -0.25) is 0 Å². The first-order valence-electron chi connectivity index (χ1n) is 6.17. The highest BCUT2D eigenvalue weighted by Crippen LogP contribution is 2.33. The molecule has 0 atom stereocenters. The minimum Gasteiger partial charge on any atom is -0.379 e. The molecule has 1 aromatic carbocycles. The molecule has 86 valence electrons. The zero-order valence-electron chi connectivity index (χ0n) is 9.83. The van der Waals surface area contributed by atoms with Crippen LogP contribution in [0.1, 0.15) is 24.0 Å². The lowest BCUT2D eigenvalue weighted by Gasteiger charge is -2.42. The van der Waals surface area contributed by atoms with E-state index in [1.165, 1.54) is 24.0 Å². The van der Waals surface area contributed by atoms with Gasteiger partial charge in [-0.1, -0.05) is 29.8 Å². The lowest BCUT2D eigenvalue weighted by Crippen LogP contribution is -2.53. The van der Waals surface area contributed by atoms with Gasteiger partial charge in [0.1, 0.15) is 0 Å². The third kappa shape index (κ3) is 1.87. The average Bonchev–Trinajstić information content (AvgIpc) is 3.00. The highest BCUT2D eigenvalue weighted by Gasteiger charge is 2.41. The van der Waals surface area contributed by atoms with Crippen molar-refractivity contribution < 1.29 is 4.74 Å². The fraction of sp³-hybridized carbons (Fsp3) is 0.571. The van der Waals surface area contributed by atoms with Crippen molar-refractivity contribution >= 4 is 0 Å². The molecule has 0 spiro atoms. The second kappa shape index (κ2) is 3.86. The van der Waals surface area contributed by atoms with Crippen LogP contribution in [0.2, 0.25) is 0 Å². The van der Waals surface area contributed by atoms with E-state index >= 15 is 0 Å².